The zero-order chi connectivity index (χ0) is 26.3. The van der Waals surface area contributed by atoms with E-state index in [9.17, 15) is 9.90 Å². The summed E-state index contributed by atoms with van der Waals surface area (Å²) in [6.45, 7) is 0.475. The van der Waals surface area contributed by atoms with Crippen molar-refractivity contribution in [3.05, 3.63) is 110 Å². The smallest absolute Gasteiger partial charge is 0.336 e. The van der Waals surface area contributed by atoms with Crippen LogP contribution in [0.25, 0.3) is 10.4 Å². The van der Waals surface area contributed by atoms with Gasteiger partial charge in [-0.25, -0.2) is 9.79 Å². The number of benzene rings is 3. The van der Waals surface area contributed by atoms with Crippen molar-refractivity contribution >= 4 is 27.8 Å². The molecule has 0 spiro atoms. The third kappa shape index (κ3) is 5.94. The maximum absolute atomic E-state index is 13.0. The van der Waals surface area contributed by atoms with Crippen molar-refractivity contribution in [1.82, 2.24) is 0 Å². The Labute approximate surface area is 222 Å². The van der Waals surface area contributed by atoms with Gasteiger partial charge in [-0.3, -0.25) is 0 Å². The monoisotopic (exact) mass is 564 g/mol. The molecular formula is C27H25BrN4O5. The standard InChI is InChI=1S/C27H25BrN4O5/c28-21-10-6-18(7-11-21)16-27(26(34)35)24(23-5-2-1-4-20(23)17-30-32-29)37-25(31-27)19-8-12-22(13-9-19)36-15-3-14-33/h1-2,4-13,24,33H,3,14-17H2,(H,34,35)/t24-,27-/m1/s1. The van der Waals surface area contributed by atoms with Crippen LogP contribution in [-0.2, 0) is 22.5 Å². The van der Waals surface area contributed by atoms with Gasteiger partial charge in [-0.2, -0.15) is 0 Å². The molecular weight excluding hydrogens is 540 g/mol. The number of hydrogen-bond acceptors (Lipinski definition) is 6. The molecule has 3 aromatic rings. The second-order valence-electron chi connectivity index (χ2n) is 8.49. The van der Waals surface area contributed by atoms with Crippen LogP contribution in [0.5, 0.6) is 5.75 Å². The van der Waals surface area contributed by atoms with Gasteiger partial charge >= 0.3 is 5.97 Å². The van der Waals surface area contributed by atoms with E-state index in [2.05, 4.69) is 26.0 Å². The Bertz CT molecular complexity index is 1320. The summed E-state index contributed by atoms with van der Waals surface area (Å²) >= 11 is 3.42. The fraction of sp³-hybridized carbons (Fsp3) is 0.259. The predicted octanol–water partition coefficient (Wildman–Crippen LogP) is 5.60. The summed E-state index contributed by atoms with van der Waals surface area (Å²) in [5.41, 5.74) is 9.84. The van der Waals surface area contributed by atoms with Gasteiger partial charge in [0, 0.05) is 34.4 Å². The van der Waals surface area contributed by atoms with Crippen molar-refractivity contribution < 1.29 is 24.5 Å². The number of carbonyl (C=O) groups is 1. The van der Waals surface area contributed by atoms with Crippen molar-refractivity contribution in [3.63, 3.8) is 0 Å². The van der Waals surface area contributed by atoms with Gasteiger partial charge in [-0.15, -0.1) is 0 Å². The highest BCUT2D eigenvalue weighted by Gasteiger charge is 2.54. The van der Waals surface area contributed by atoms with Crippen LogP contribution < -0.4 is 4.74 Å². The summed E-state index contributed by atoms with van der Waals surface area (Å²) in [6.07, 6.45) is -0.359. The first-order chi connectivity index (χ1) is 18.0. The first kappa shape index (κ1) is 26.2. The number of hydrogen-bond donors (Lipinski definition) is 2. The van der Waals surface area contributed by atoms with Crippen molar-refractivity contribution in [2.45, 2.75) is 31.0 Å². The van der Waals surface area contributed by atoms with E-state index in [1.54, 1.807) is 48.5 Å². The minimum absolute atomic E-state index is 0.0426. The minimum Gasteiger partial charge on any atom is -0.494 e. The molecule has 1 aliphatic heterocycles. The molecule has 0 unspecified atom stereocenters. The lowest BCUT2D eigenvalue weighted by Crippen LogP contribution is -2.43. The van der Waals surface area contributed by atoms with Crippen LogP contribution in [0.4, 0.5) is 0 Å². The Morgan fingerprint density at radius 3 is 2.54 bits per heavy atom. The molecule has 1 aliphatic rings. The second-order valence-corrected chi connectivity index (χ2v) is 9.40. The fourth-order valence-corrected chi connectivity index (χ4v) is 4.46. The largest absolute Gasteiger partial charge is 0.494 e. The molecule has 4 rings (SSSR count). The molecule has 3 aromatic carbocycles. The van der Waals surface area contributed by atoms with Gasteiger partial charge in [-0.05, 0) is 58.6 Å². The first-order valence-electron chi connectivity index (χ1n) is 11.6. The molecule has 2 atom stereocenters. The van der Waals surface area contributed by atoms with Crippen molar-refractivity contribution in [1.29, 1.82) is 0 Å². The van der Waals surface area contributed by atoms with Crippen molar-refractivity contribution in [3.8, 4) is 5.75 Å². The van der Waals surface area contributed by atoms with Gasteiger partial charge in [0.25, 0.3) is 0 Å². The van der Waals surface area contributed by atoms with Crippen LogP contribution in [0.2, 0.25) is 0 Å². The lowest BCUT2D eigenvalue weighted by atomic mass is 9.81. The number of rotatable bonds is 11. The zero-order valence-electron chi connectivity index (χ0n) is 19.8. The topological polar surface area (TPSA) is 137 Å². The second kappa shape index (κ2) is 11.9. The average molecular weight is 565 g/mol. The number of aliphatic hydroxyl groups is 1. The highest BCUT2D eigenvalue weighted by molar-refractivity contribution is 9.10. The van der Waals surface area contributed by atoms with Crippen molar-refractivity contribution in [2.75, 3.05) is 13.2 Å². The number of nitrogens with zero attached hydrogens (tertiary/aromatic N) is 4. The Morgan fingerprint density at radius 1 is 1.14 bits per heavy atom. The van der Waals surface area contributed by atoms with Gasteiger partial charge in [0.1, 0.15) is 5.75 Å². The molecule has 0 saturated heterocycles. The van der Waals surface area contributed by atoms with Crippen LogP contribution >= 0.6 is 15.9 Å². The molecule has 0 saturated carbocycles. The molecule has 0 aromatic heterocycles. The van der Waals surface area contributed by atoms with Crippen LogP contribution in [0.3, 0.4) is 0 Å². The molecule has 37 heavy (non-hydrogen) atoms. The van der Waals surface area contributed by atoms with Crippen molar-refractivity contribution in [2.24, 2.45) is 10.1 Å². The van der Waals surface area contributed by atoms with Gasteiger partial charge in [0.2, 0.25) is 11.4 Å². The Hall–Kier alpha value is -3.85. The first-order valence-corrected chi connectivity index (χ1v) is 12.4. The lowest BCUT2D eigenvalue weighted by Gasteiger charge is -2.29. The molecule has 0 bridgehead atoms. The number of aliphatic carboxylic acids is 1. The van der Waals surface area contributed by atoms with E-state index in [0.717, 1.165) is 10.0 Å². The summed E-state index contributed by atoms with van der Waals surface area (Å²) in [6, 6.07) is 21.6. The fourth-order valence-electron chi connectivity index (χ4n) is 4.20. The quantitative estimate of drug-likeness (QED) is 0.135. The van der Waals surface area contributed by atoms with Crippen LogP contribution in [0, 0.1) is 0 Å². The van der Waals surface area contributed by atoms with E-state index in [1.807, 2.05) is 24.3 Å². The lowest BCUT2D eigenvalue weighted by molar-refractivity contribution is -0.146. The van der Waals surface area contributed by atoms with Gasteiger partial charge in [0.05, 0.1) is 13.2 Å². The van der Waals surface area contributed by atoms with E-state index < -0.39 is 17.6 Å². The molecule has 1 heterocycles. The molecule has 9 nitrogen and oxygen atoms in total. The third-order valence-corrected chi connectivity index (χ3v) is 6.56. The maximum atomic E-state index is 13.0. The number of carboxylic acid groups (broad SMARTS) is 1. The summed E-state index contributed by atoms with van der Waals surface area (Å²) < 4.78 is 12.8. The molecule has 2 N–H and O–H groups in total. The highest BCUT2D eigenvalue weighted by atomic mass is 79.9. The number of aliphatic imine (C=N–C) groups is 1. The average Bonchev–Trinajstić information content (AvgIpc) is 3.30. The van der Waals surface area contributed by atoms with Gasteiger partial charge < -0.3 is 19.7 Å². The third-order valence-electron chi connectivity index (χ3n) is 6.04. The zero-order valence-corrected chi connectivity index (χ0v) is 21.4. The van der Waals surface area contributed by atoms with Gasteiger partial charge in [-0.1, -0.05) is 57.4 Å². The van der Waals surface area contributed by atoms with E-state index in [4.69, 9.17) is 25.1 Å². The van der Waals surface area contributed by atoms with E-state index in [0.29, 0.717) is 35.5 Å². The number of halogens is 1. The summed E-state index contributed by atoms with van der Waals surface area (Å²) in [4.78, 5) is 20.5. The Kier molecular flexibility index (Phi) is 8.45. The van der Waals surface area contributed by atoms with Gasteiger partial charge in [0.15, 0.2) is 6.10 Å². The van der Waals surface area contributed by atoms with Crippen LogP contribution in [-0.4, -0.2) is 40.8 Å². The number of carboxylic acids is 1. The van der Waals surface area contributed by atoms with Crippen LogP contribution in [0.15, 0.2) is 87.4 Å². The van der Waals surface area contributed by atoms with Crippen LogP contribution in [0.1, 0.15) is 34.8 Å². The van der Waals surface area contributed by atoms with E-state index in [-0.39, 0.29) is 25.5 Å². The predicted molar refractivity (Wildman–Crippen MR) is 142 cm³/mol. The number of aliphatic hydroxyl groups excluding tert-OH is 1. The Morgan fingerprint density at radius 2 is 1.86 bits per heavy atom. The summed E-state index contributed by atoms with van der Waals surface area (Å²) in [5.74, 6) is -0.311. The molecule has 0 amide bonds. The maximum Gasteiger partial charge on any atom is 0.336 e. The normalized spacial score (nSPS) is 18.4. The summed E-state index contributed by atoms with van der Waals surface area (Å²) in [7, 11) is 0. The van der Waals surface area contributed by atoms with E-state index in [1.165, 1.54) is 0 Å². The molecule has 0 radical (unpaired) electrons. The highest BCUT2D eigenvalue weighted by Crippen LogP contribution is 2.43. The SMILES string of the molecule is [N-]=[N+]=NCc1ccccc1[C@H]1OC(c2ccc(OCCCO)cc2)=N[C@@]1(Cc1ccc(Br)cc1)C(=O)O. The molecule has 0 fully saturated rings. The summed E-state index contributed by atoms with van der Waals surface area (Å²) in [5, 5.41) is 23.2. The van der Waals surface area contributed by atoms with E-state index >= 15 is 0 Å². The number of azide groups is 1. The minimum atomic E-state index is -1.66. The number of ether oxygens (including phenoxy) is 2. The molecule has 10 heteroatoms. The Balaban J connectivity index is 1.77. The molecule has 190 valence electrons. The molecule has 0 aliphatic carbocycles.